The van der Waals surface area contributed by atoms with Gasteiger partial charge in [-0.2, -0.15) is 0 Å². The number of imidazole rings is 1. The third-order valence-electron chi connectivity index (χ3n) is 5.21. The van der Waals surface area contributed by atoms with E-state index < -0.39 is 6.43 Å². The molecule has 2 aromatic carbocycles. The van der Waals surface area contributed by atoms with Crippen LogP contribution in [0.5, 0.6) is 0 Å². The molecule has 2 heterocycles. The fraction of sp³-hybridized carbons (Fsp3) is 0.333. The van der Waals surface area contributed by atoms with Crippen LogP contribution in [0.25, 0.3) is 11.0 Å². The van der Waals surface area contributed by atoms with E-state index in [1.807, 2.05) is 24.3 Å². The molecule has 0 radical (unpaired) electrons. The summed E-state index contributed by atoms with van der Waals surface area (Å²) in [4.78, 5) is 21.3. The molecule has 1 fully saturated rings. The molecule has 0 aliphatic carbocycles. The molecule has 5 nitrogen and oxygen atoms in total. The van der Waals surface area contributed by atoms with Gasteiger partial charge >= 0.3 is 0 Å². The zero-order chi connectivity index (χ0) is 20.4. The first-order valence-electron chi connectivity index (χ1n) is 9.53. The van der Waals surface area contributed by atoms with Crippen LogP contribution >= 0.6 is 11.6 Å². The molecule has 8 heteroatoms. The lowest BCUT2D eigenvalue weighted by atomic mass is 10.0. The first-order chi connectivity index (χ1) is 14.0. The standard InChI is InChI=1S/C21H21ClF2N4O/c22-15-4-1-13(2-5-15)12-28-9-7-16(8-10-28)25-21(29)14-3-6-17-18(11-14)27-20(26-17)19(23)24/h1-6,11,16,19H,7-10,12H2,(H,25,29)(H,26,27). The zero-order valence-corrected chi connectivity index (χ0v) is 16.4. The highest BCUT2D eigenvalue weighted by molar-refractivity contribution is 6.30. The van der Waals surface area contributed by atoms with Gasteiger partial charge in [-0.15, -0.1) is 0 Å². The number of likely N-dealkylation sites (tertiary alicyclic amines) is 1. The van der Waals surface area contributed by atoms with Crippen molar-refractivity contribution in [3.05, 3.63) is 64.4 Å². The number of aromatic amines is 1. The van der Waals surface area contributed by atoms with E-state index in [1.54, 1.807) is 18.2 Å². The number of carbonyl (C=O) groups excluding carboxylic acids is 1. The number of amides is 1. The second-order valence-corrected chi connectivity index (χ2v) is 7.74. The summed E-state index contributed by atoms with van der Waals surface area (Å²) >= 11 is 5.93. The van der Waals surface area contributed by atoms with Gasteiger partial charge in [-0.1, -0.05) is 23.7 Å². The van der Waals surface area contributed by atoms with Gasteiger partial charge in [-0.25, -0.2) is 13.8 Å². The third kappa shape index (κ3) is 4.74. The number of piperidine rings is 1. The molecule has 0 unspecified atom stereocenters. The molecule has 1 aliphatic rings. The van der Waals surface area contributed by atoms with Crippen molar-refractivity contribution in [2.75, 3.05) is 13.1 Å². The maximum atomic E-state index is 12.8. The number of rotatable bonds is 5. The highest BCUT2D eigenvalue weighted by Crippen LogP contribution is 2.21. The molecule has 1 saturated heterocycles. The number of H-pyrrole nitrogens is 1. The number of alkyl halides is 2. The lowest BCUT2D eigenvalue weighted by Gasteiger charge is -2.32. The van der Waals surface area contributed by atoms with Crippen LogP contribution in [0.3, 0.4) is 0 Å². The largest absolute Gasteiger partial charge is 0.349 e. The van der Waals surface area contributed by atoms with Crippen molar-refractivity contribution in [1.29, 1.82) is 0 Å². The van der Waals surface area contributed by atoms with Crippen LogP contribution < -0.4 is 5.32 Å². The van der Waals surface area contributed by atoms with E-state index in [9.17, 15) is 13.6 Å². The minimum atomic E-state index is -2.67. The van der Waals surface area contributed by atoms with Gasteiger partial charge in [0.05, 0.1) is 11.0 Å². The van der Waals surface area contributed by atoms with E-state index >= 15 is 0 Å². The van der Waals surface area contributed by atoms with Gasteiger partial charge in [-0.3, -0.25) is 9.69 Å². The van der Waals surface area contributed by atoms with E-state index in [0.717, 1.165) is 37.5 Å². The van der Waals surface area contributed by atoms with Crippen molar-refractivity contribution in [2.45, 2.75) is 31.9 Å². The lowest BCUT2D eigenvalue weighted by Crippen LogP contribution is -2.44. The molecule has 152 valence electrons. The second-order valence-electron chi connectivity index (χ2n) is 7.31. The van der Waals surface area contributed by atoms with Crippen LogP contribution in [-0.4, -0.2) is 39.9 Å². The highest BCUT2D eigenvalue weighted by Gasteiger charge is 2.22. The van der Waals surface area contributed by atoms with Crippen molar-refractivity contribution in [3.63, 3.8) is 0 Å². The molecular formula is C21H21ClF2N4O. The summed E-state index contributed by atoms with van der Waals surface area (Å²) in [5, 5.41) is 3.79. The monoisotopic (exact) mass is 418 g/mol. The number of hydrogen-bond acceptors (Lipinski definition) is 3. The lowest BCUT2D eigenvalue weighted by molar-refractivity contribution is 0.0909. The number of hydrogen-bond donors (Lipinski definition) is 2. The van der Waals surface area contributed by atoms with Crippen LogP contribution in [0.4, 0.5) is 8.78 Å². The van der Waals surface area contributed by atoms with E-state index in [2.05, 4.69) is 20.2 Å². The quantitative estimate of drug-likeness (QED) is 0.639. The predicted molar refractivity (Wildman–Crippen MR) is 108 cm³/mol. The van der Waals surface area contributed by atoms with E-state index in [0.29, 0.717) is 16.6 Å². The zero-order valence-electron chi connectivity index (χ0n) is 15.7. The molecular weight excluding hydrogens is 398 g/mol. The molecule has 0 atom stereocenters. The van der Waals surface area contributed by atoms with Crippen molar-refractivity contribution in [2.24, 2.45) is 0 Å². The van der Waals surface area contributed by atoms with Crippen molar-refractivity contribution >= 4 is 28.5 Å². The number of carbonyl (C=O) groups is 1. The van der Waals surface area contributed by atoms with Crippen LogP contribution in [0, 0.1) is 0 Å². The van der Waals surface area contributed by atoms with Crippen molar-refractivity contribution in [1.82, 2.24) is 20.2 Å². The molecule has 0 saturated carbocycles. The van der Waals surface area contributed by atoms with Crippen LogP contribution in [0.2, 0.25) is 5.02 Å². The van der Waals surface area contributed by atoms with Gasteiger partial charge in [0.25, 0.3) is 12.3 Å². The van der Waals surface area contributed by atoms with E-state index in [1.165, 1.54) is 5.56 Å². The Morgan fingerprint density at radius 2 is 1.93 bits per heavy atom. The maximum absolute atomic E-state index is 12.8. The minimum absolute atomic E-state index is 0.0954. The molecule has 1 aliphatic heterocycles. The van der Waals surface area contributed by atoms with Gasteiger partial charge in [0.15, 0.2) is 5.82 Å². The summed E-state index contributed by atoms with van der Waals surface area (Å²) < 4.78 is 25.6. The summed E-state index contributed by atoms with van der Waals surface area (Å²) in [6.07, 6.45) is -0.944. The summed E-state index contributed by atoms with van der Waals surface area (Å²) in [5.74, 6) is -0.582. The Kier molecular flexibility index (Phi) is 5.78. The molecule has 2 N–H and O–H groups in total. The third-order valence-corrected chi connectivity index (χ3v) is 5.46. The van der Waals surface area contributed by atoms with Crippen molar-refractivity contribution in [3.8, 4) is 0 Å². The van der Waals surface area contributed by atoms with Crippen molar-refractivity contribution < 1.29 is 13.6 Å². The van der Waals surface area contributed by atoms with Crippen LogP contribution in [-0.2, 0) is 6.54 Å². The fourth-order valence-corrected chi connectivity index (χ4v) is 3.75. The average molecular weight is 419 g/mol. The van der Waals surface area contributed by atoms with E-state index in [4.69, 9.17) is 11.6 Å². The smallest absolute Gasteiger partial charge is 0.295 e. The summed E-state index contributed by atoms with van der Waals surface area (Å²) in [7, 11) is 0. The SMILES string of the molecule is O=C(NC1CCN(Cc2ccc(Cl)cc2)CC1)c1ccc2nc(C(F)F)[nH]c2c1. The topological polar surface area (TPSA) is 61.0 Å². The Balaban J connectivity index is 1.32. The van der Waals surface area contributed by atoms with Crippen LogP contribution in [0.15, 0.2) is 42.5 Å². The predicted octanol–water partition coefficient (Wildman–Crippen LogP) is 4.55. The summed E-state index contributed by atoms with van der Waals surface area (Å²) in [6, 6.07) is 12.7. The molecule has 1 amide bonds. The average Bonchev–Trinajstić information content (AvgIpc) is 3.15. The number of fused-ring (bicyclic) bond motifs is 1. The first-order valence-corrected chi connectivity index (χ1v) is 9.91. The summed E-state index contributed by atoms with van der Waals surface area (Å²) in [6.45, 7) is 2.65. The Morgan fingerprint density at radius 3 is 2.62 bits per heavy atom. The normalized spacial score (nSPS) is 15.9. The molecule has 0 bridgehead atoms. The minimum Gasteiger partial charge on any atom is -0.349 e. The molecule has 29 heavy (non-hydrogen) atoms. The fourth-order valence-electron chi connectivity index (χ4n) is 3.63. The van der Waals surface area contributed by atoms with Gasteiger partial charge in [0.1, 0.15) is 0 Å². The number of halogens is 3. The number of benzene rings is 2. The number of nitrogens with one attached hydrogen (secondary N) is 2. The van der Waals surface area contributed by atoms with Gasteiger partial charge in [0, 0.05) is 36.3 Å². The first kappa shape index (κ1) is 19.8. The molecule has 4 rings (SSSR count). The Labute approximate surface area is 172 Å². The molecule has 3 aromatic rings. The molecule has 0 spiro atoms. The Morgan fingerprint density at radius 1 is 1.21 bits per heavy atom. The Bertz CT molecular complexity index is 998. The van der Waals surface area contributed by atoms with Gasteiger partial charge in [-0.05, 0) is 48.7 Å². The van der Waals surface area contributed by atoms with Crippen LogP contribution in [0.1, 0.15) is 41.0 Å². The van der Waals surface area contributed by atoms with E-state index in [-0.39, 0.29) is 17.8 Å². The van der Waals surface area contributed by atoms with Gasteiger partial charge < -0.3 is 10.3 Å². The summed E-state index contributed by atoms with van der Waals surface area (Å²) in [5.41, 5.74) is 2.51. The van der Waals surface area contributed by atoms with Gasteiger partial charge in [0.2, 0.25) is 0 Å². The Hall–Kier alpha value is -2.51. The highest BCUT2D eigenvalue weighted by atomic mass is 35.5. The maximum Gasteiger partial charge on any atom is 0.295 e. The number of nitrogens with zero attached hydrogens (tertiary/aromatic N) is 2. The molecule has 1 aromatic heterocycles. The number of aromatic nitrogens is 2. The second kappa shape index (κ2) is 8.47.